The summed E-state index contributed by atoms with van der Waals surface area (Å²) in [6.07, 6.45) is 2.95. The van der Waals surface area contributed by atoms with Gasteiger partial charge in [-0.2, -0.15) is 5.10 Å². The number of carbonyl (C=O) groups is 3. The van der Waals surface area contributed by atoms with Crippen molar-refractivity contribution in [1.29, 1.82) is 0 Å². The minimum atomic E-state index is -0.952. The molecule has 0 aliphatic rings. The Bertz CT molecular complexity index is 1340. The molecule has 0 saturated carbocycles. The third-order valence-electron chi connectivity index (χ3n) is 4.97. The summed E-state index contributed by atoms with van der Waals surface area (Å²) in [5.41, 5.74) is 3.71. The lowest BCUT2D eigenvalue weighted by molar-refractivity contribution is -0.136. The van der Waals surface area contributed by atoms with Gasteiger partial charge in [0.05, 0.1) is 20.4 Å². The Morgan fingerprint density at radius 3 is 2.33 bits per heavy atom. The molecule has 0 aliphatic carbocycles. The molecule has 3 N–H and O–H groups in total. The summed E-state index contributed by atoms with van der Waals surface area (Å²) in [7, 11) is 2.99. The number of ether oxygens (including phenoxy) is 4. The maximum atomic E-state index is 12.3. The second kappa shape index (κ2) is 14.4. The third kappa shape index (κ3) is 8.93. The smallest absolute Gasteiger partial charge is 0.329 e. The van der Waals surface area contributed by atoms with Gasteiger partial charge in [0.2, 0.25) is 0 Å². The minimum Gasteiger partial charge on any atom is -0.497 e. The predicted molar refractivity (Wildman–Crippen MR) is 147 cm³/mol. The largest absolute Gasteiger partial charge is 0.497 e. The van der Waals surface area contributed by atoms with Gasteiger partial charge in [-0.1, -0.05) is 18.7 Å². The van der Waals surface area contributed by atoms with Crippen molar-refractivity contribution in [3.8, 4) is 23.0 Å². The molecule has 0 fully saturated rings. The van der Waals surface area contributed by atoms with E-state index in [1.165, 1.54) is 13.3 Å². The minimum absolute atomic E-state index is 0.253. The molecular weight excluding hydrogens is 504 g/mol. The quantitative estimate of drug-likeness (QED) is 0.141. The summed E-state index contributed by atoms with van der Waals surface area (Å²) in [6, 6.07) is 18.3. The number of amides is 3. The average Bonchev–Trinajstić information content (AvgIpc) is 2.95. The first kappa shape index (κ1) is 28.3. The summed E-state index contributed by atoms with van der Waals surface area (Å²) < 4.78 is 21.4. The van der Waals surface area contributed by atoms with Crippen molar-refractivity contribution in [1.82, 2.24) is 5.43 Å². The SMILES string of the molecule is C=CCOc1ccc(NC(=O)C(=O)N/N=C\c2ccc(OCC(=O)Nc3cccc(OC)c3)c(OC)c2)cc1. The van der Waals surface area contributed by atoms with Crippen LogP contribution in [0.25, 0.3) is 0 Å². The summed E-state index contributed by atoms with van der Waals surface area (Å²) in [6.45, 7) is 3.68. The van der Waals surface area contributed by atoms with Gasteiger partial charge in [0.15, 0.2) is 18.1 Å². The van der Waals surface area contributed by atoms with Crippen LogP contribution in [0.1, 0.15) is 5.56 Å². The van der Waals surface area contributed by atoms with E-state index < -0.39 is 11.8 Å². The highest BCUT2D eigenvalue weighted by Gasteiger charge is 2.13. The molecular formula is C28H28N4O7. The molecule has 11 heteroatoms. The monoisotopic (exact) mass is 532 g/mol. The highest BCUT2D eigenvalue weighted by atomic mass is 16.5. The normalized spacial score (nSPS) is 10.3. The molecule has 202 valence electrons. The van der Waals surface area contributed by atoms with Crippen LogP contribution in [0.5, 0.6) is 23.0 Å². The average molecular weight is 533 g/mol. The molecule has 3 rings (SSSR count). The summed E-state index contributed by atoms with van der Waals surface area (Å²) in [5, 5.41) is 8.99. The van der Waals surface area contributed by atoms with Gasteiger partial charge in [-0.3, -0.25) is 14.4 Å². The molecule has 39 heavy (non-hydrogen) atoms. The van der Waals surface area contributed by atoms with Crippen molar-refractivity contribution in [2.75, 3.05) is 38.1 Å². The molecule has 0 unspecified atom stereocenters. The van der Waals surface area contributed by atoms with E-state index in [1.54, 1.807) is 79.9 Å². The van der Waals surface area contributed by atoms with E-state index in [4.69, 9.17) is 18.9 Å². The Labute approximate surface area is 225 Å². The third-order valence-corrected chi connectivity index (χ3v) is 4.97. The number of hydrazone groups is 1. The Morgan fingerprint density at radius 2 is 1.62 bits per heavy atom. The molecule has 0 atom stereocenters. The molecule has 0 aromatic heterocycles. The van der Waals surface area contributed by atoms with Gasteiger partial charge in [-0.25, -0.2) is 5.43 Å². The fraction of sp³-hybridized carbons (Fsp3) is 0.143. The number of nitrogens with zero attached hydrogens (tertiary/aromatic N) is 1. The van der Waals surface area contributed by atoms with E-state index in [-0.39, 0.29) is 12.5 Å². The first-order chi connectivity index (χ1) is 18.9. The number of rotatable bonds is 12. The van der Waals surface area contributed by atoms with Gasteiger partial charge in [-0.05, 0) is 60.2 Å². The number of hydrogen-bond acceptors (Lipinski definition) is 8. The Morgan fingerprint density at radius 1 is 0.821 bits per heavy atom. The zero-order valence-corrected chi connectivity index (χ0v) is 21.4. The first-order valence-electron chi connectivity index (χ1n) is 11.6. The lowest BCUT2D eigenvalue weighted by atomic mass is 10.2. The van der Waals surface area contributed by atoms with Crippen LogP contribution in [-0.2, 0) is 14.4 Å². The Hall–Kier alpha value is -5.32. The van der Waals surface area contributed by atoms with Crippen LogP contribution < -0.4 is 35.0 Å². The van der Waals surface area contributed by atoms with Gasteiger partial charge >= 0.3 is 11.8 Å². The zero-order chi connectivity index (χ0) is 28.0. The topological polar surface area (TPSA) is 137 Å². The van der Waals surface area contributed by atoms with E-state index >= 15 is 0 Å². The number of nitrogens with one attached hydrogen (secondary N) is 3. The van der Waals surface area contributed by atoms with Crippen LogP contribution in [0.2, 0.25) is 0 Å². The van der Waals surface area contributed by atoms with E-state index in [9.17, 15) is 14.4 Å². The van der Waals surface area contributed by atoms with Crippen LogP contribution in [0.3, 0.4) is 0 Å². The molecule has 3 aromatic carbocycles. The number of carbonyl (C=O) groups excluding carboxylic acids is 3. The lowest BCUT2D eigenvalue weighted by Gasteiger charge is -2.12. The second-order valence-corrected chi connectivity index (χ2v) is 7.76. The van der Waals surface area contributed by atoms with Crippen molar-refractivity contribution < 1.29 is 33.3 Å². The van der Waals surface area contributed by atoms with Gasteiger partial charge in [0.1, 0.15) is 18.1 Å². The summed E-state index contributed by atoms with van der Waals surface area (Å²) in [5.74, 6) is -0.311. The molecule has 0 saturated heterocycles. The predicted octanol–water partition coefficient (Wildman–Crippen LogP) is 3.37. The maximum absolute atomic E-state index is 12.3. The zero-order valence-electron chi connectivity index (χ0n) is 21.4. The second-order valence-electron chi connectivity index (χ2n) is 7.76. The van der Waals surface area contributed by atoms with E-state index in [1.807, 2.05) is 0 Å². The van der Waals surface area contributed by atoms with Crippen LogP contribution >= 0.6 is 0 Å². The van der Waals surface area contributed by atoms with E-state index in [2.05, 4.69) is 27.7 Å². The van der Waals surface area contributed by atoms with Crippen LogP contribution in [0.4, 0.5) is 11.4 Å². The highest BCUT2D eigenvalue weighted by Crippen LogP contribution is 2.27. The summed E-state index contributed by atoms with van der Waals surface area (Å²) >= 11 is 0. The molecule has 0 radical (unpaired) electrons. The molecule has 0 heterocycles. The fourth-order valence-corrected chi connectivity index (χ4v) is 3.12. The first-order valence-corrected chi connectivity index (χ1v) is 11.6. The standard InChI is InChI=1S/C28H28N4O7/c1-4-14-38-22-11-9-20(10-12-22)31-27(34)28(35)32-29-17-19-8-13-24(25(15-19)37-3)39-18-26(33)30-21-6-5-7-23(16-21)36-2/h4-13,15-17H,1,14,18H2,2-3H3,(H,30,33)(H,31,34)(H,32,35)/b29-17-. The molecule has 0 spiro atoms. The molecule has 0 bridgehead atoms. The van der Waals surface area contributed by atoms with E-state index in [0.29, 0.717) is 46.5 Å². The lowest BCUT2D eigenvalue weighted by Crippen LogP contribution is -2.32. The maximum Gasteiger partial charge on any atom is 0.329 e. The van der Waals surface area contributed by atoms with Crippen molar-refractivity contribution in [3.05, 3.63) is 84.9 Å². The number of hydrogen-bond donors (Lipinski definition) is 3. The van der Waals surface area contributed by atoms with Crippen LogP contribution in [0, 0.1) is 0 Å². The van der Waals surface area contributed by atoms with Crippen molar-refractivity contribution >= 4 is 35.3 Å². The van der Waals surface area contributed by atoms with Crippen LogP contribution in [-0.4, -0.2) is 51.4 Å². The van der Waals surface area contributed by atoms with Gasteiger partial charge in [0.25, 0.3) is 5.91 Å². The van der Waals surface area contributed by atoms with Gasteiger partial charge in [0, 0.05) is 17.4 Å². The van der Waals surface area contributed by atoms with Crippen molar-refractivity contribution in [2.45, 2.75) is 0 Å². The van der Waals surface area contributed by atoms with E-state index in [0.717, 1.165) is 0 Å². The molecule has 3 aromatic rings. The Kier molecular flexibility index (Phi) is 10.5. The van der Waals surface area contributed by atoms with Gasteiger partial charge in [-0.15, -0.1) is 0 Å². The molecule has 11 nitrogen and oxygen atoms in total. The number of benzene rings is 3. The molecule has 0 aliphatic heterocycles. The number of anilines is 2. The van der Waals surface area contributed by atoms with Crippen molar-refractivity contribution in [2.24, 2.45) is 5.10 Å². The van der Waals surface area contributed by atoms with Crippen LogP contribution in [0.15, 0.2) is 84.5 Å². The van der Waals surface area contributed by atoms with Crippen molar-refractivity contribution in [3.63, 3.8) is 0 Å². The number of methoxy groups -OCH3 is 2. The highest BCUT2D eigenvalue weighted by molar-refractivity contribution is 6.39. The Balaban J connectivity index is 1.49. The summed E-state index contributed by atoms with van der Waals surface area (Å²) in [4.78, 5) is 36.5. The van der Waals surface area contributed by atoms with Gasteiger partial charge < -0.3 is 29.6 Å². The fourth-order valence-electron chi connectivity index (χ4n) is 3.12. The molecule has 3 amide bonds.